The number of hydrogen-bond acceptors (Lipinski definition) is 5. The second kappa shape index (κ2) is 4.32. The second-order valence-corrected chi connectivity index (χ2v) is 3.63. The first-order valence-electron chi connectivity index (χ1n) is 5.01. The van der Waals surface area contributed by atoms with Gasteiger partial charge in [-0.3, -0.25) is 9.78 Å². The Bertz CT molecular complexity index is 599. The van der Waals surface area contributed by atoms with Crippen LogP contribution in [0.25, 0.3) is 11.1 Å². The van der Waals surface area contributed by atoms with E-state index in [1.807, 2.05) is 0 Å². The molecule has 0 radical (unpaired) electrons. The number of H-pyrrole nitrogens is 1. The van der Waals surface area contributed by atoms with Gasteiger partial charge in [0.25, 0.3) is 0 Å². The van der Waals surface area contributed by atoms with E-state index in [2.05, 4.69) is 9.72 Å². The van der Waals surface area contributed by atoms with Crippen LogP contribution in [-0.4, -0.2) is 31.7 Å². The van der Waals surface area contributed by atoms with Crippen molar-refractivity contribution >= 4 is 22.8 Å². The van der Waals surface area contributed by atoms with Crippen molar-refractivity contribution in [2.45, 2.75) is 0 Å². The summed E-state index contributed by atoms with van der Waals surface area (Å²) < 4.78 is 9.51. The Labute approximate surface area is 96.8 Å². The third-order valence-electron chi connectivity index (χ3n) is 2.44. The van der Waals surface area contributed by atoms with Gasteiger partial charge in [-0.05, 0) is 12.1 Å². The van der Waals surface area contributed by atoms with Crippen molar-refractivity contribution in [1.29, 1.82) is 0 Å². The van der Waals surface area contributed by atoms with Gasteiger partial charge in [0.2, 0.25) is 0 Å². The van der Waals surface area contributed by atoms with Crippen LogP contribution in [0.1, 0.15) is 0 Å². The van der Waals surface area contributed by atoms with E-state index in [0.29, 0.717) is 11.1 Å². The van der Waals surface area contributed by atoms with E-state index in [4.69, 9.17) is 4.42 Å². The summed E-state index contributed by atoms with van der Waals surface area (Å²) in [6, 6.07) is 5.20. The highest BCUT2D eigenvalue weighted by Crippen LogP contribution is 2.19. The molecule has 17 heavy (non-hydrogen) atoms. The molecule has 0 unspecified atom stereocenters. The maximum atomic E-state index is 11.1. The number of benzene rings is 1. The number of oxazole rings is 1. The summed E-state index contributed by atoms with van der Waals surface area (Å²) in [5.74, 6) is -0.823. The van der Waals surface area contributed by atoms with E-state index in [0.717, 1.165) is 5.69 Å². The van der Waals surface area contributed by atoms with Gasteiger partial charge >= 0.3 is 11.7 Å². The second-order valence-electron chi connectivity index (χ2n) is 3.63. The van der Waals surface area contributed by atoms with Crippen LogP contribution in [0.2, 0.25) is 0 Å². The van der Waals surface area contributed by atoms with Crippen LogP contribution in [0.4, 0.5) is 5.69 Å². The Morgan fingerprint density at radius 2 is 2.29 bits per heavy atom. The molecule has 1 aromatic heterocycles. The van der Waals surface area contributed by atoms with Gasteiger partial charge in [-0.25, -0.2) is 4.79 Å². The van der Waals surface area contributed by atoms with Crippen LogP contribution in [0.5, 0.6) is 0 Å². The standard InChI is InChI=1S/C11H12N2O4/c1-13(6-10(14)16-2)7-3-4-8-9(5-7)17-11(15)12-8/h3-5H,6H2,1-2H3,(H,12,15). The molecule has 0 aliphatic heterocycles. The van der Waals surface area contributed by atoms with Crippen LogP contribution in [0.3, 0.4) is 0 Å². The molecule has 0 saturated heterocycles. The van der Waals surface area contributed by atoms with Crippen LogP contribution < -0.4 is 10.7 Å². The third-order valence-corrected chi connectivity index (χ3v) is 2.44. The van der Waals surface area contributed by atoms with Gasteiger partial charge in [0, 0.05) is 18.8 Å². The smallest absolute Gasteiger partial charge is 0.417 e. The number of carbonyl (C=O) groups excluding carboxylic acids is 1. The van der Waals surface area contributed by atoms with Crippen LogP contribution in [-0.2, 0) is 9.53 Å². The first-order valence-corrected chi connectivity index (χ1v) is 5.01. The number of rotatable bonds is 3. The van der Waals surface area contributed by atoms with Crippen molar-refractivity contribution in [3.05, 3.63) is 28.7 Å². The van der Waals surface area contributed by atoms with Gasteiger partial charge in [0.1, 0.15) is 6.54 Å². The molecule has 0 saturated carbocycles. The normalized spacial score (nSPS) is 10.5. The third kappa shape index (κ3) is 2.30. The van der Waals surface area contributed by atoms with E-state index >= 15 is 0 Å². The average molecular weight is 236 g/mol. The molecule has 0 fully saturated rings. The summed E-state index contributed by atoms with van der Waals surface area (Å²) in [5, 5.41) is 0. The number of nitrogens with one attached hydrogen (secondary N) is 1. The monoisotopic (exact) mass is 236 g/mol. The number of likely N-dealkylation sites (N-methyl/N-ethyl adjacent to an activating group) is 1. The number of aromatic nitrogens is 1. The summed E-state index contributed by atoms with van der Waals surface area (Å²) in [5.41, 5.74) is 1.86. The topological polar surface area (TPSA) is 75.5 Å². The highest BCUT2D eigenvalue weighted by atomic mass is 16.5. The van der Waals surface area contributed by atoms with Crippen LogP contribution in [0, 0.1) is 0 Å². The Balaban J connectivity index is 2.29. The summed E-state index contributed by atoms with van der Waals surface area (Å²) in [4.78, 5) is 26.4. The summed E-state index contributed by atoms with van der Waals surface area (Å²) in [7, 11) is 3.09. The molecule has 0 atom stereocenters. The van der Waals surface area contributed by atoms with Crippen molar-refractivity contribution in [3.63, 3.8) is 0 Å². The largest absolute Gasteiger partial charge is 0.468 e. The molecule has 6 nitrogen and oxygen atoms in total. The first kappa shape index (κ1) is 11.3. The molecule has 0 bridgehead atoms. The lowest BCUT2D eigenvalue weighted by atomic mass is 10.2. The van der Waals surface area contributed by atoms with Crippen LogP contribution >= 0.6 is 0 Å². The molecule has 1 N–H and O–H groups in total. The molecule has 0 spiro atoms. The van der Waals surface area contributed by atoms with Gasteiger partial charge in [0.05, 0.1) is 12.6 Å². The lowest BCUT2D eigenvalue weighted by Crippen LogP contribution is -2.26. The van der Waals surface area contributed by atoms with Gasteiger partial charge in [-0.1, -0.05) is 0 Å². The molecule has 1 aromatic carbocycles. The van der Waals surface area contributed by atoms with Crippen molar-refractivity contribution < 1.29 is 13.9 Å². The van der Waals surface area contributed by atoms with Crippen LogP contribution in [0.15, 0.2) is 27.4 Å². The molecule has 1 heterocycles. The molecule has 6 heteroatoms. The first-order chi connectivity index (χ1) is 8.10. The fraction of sp³-hybridized carbons (Fsp3) is 0.273. The molecule has 0 aliphatic rings. The minimum absolute atomic E-state index is 0.136. The van der Waals surface area contributed by atoms with Crippen molar-refractivity contribution in [1.82, 2.24) is 4.98 Å². The van der Waals surface area contributed by atoms with Crippen molar-refractivity contribution in [2.24, 2.45) is 0 Å². The van der Waals surface area contributed by atoms with E-state index in [-0.39, 0.29) is 12.5 Å². The number of nitrogens with zero attached hydrogens (tertiary/aromatic N) is 1. The molecule has 2 rings (SSSR count). The molecule has 90 valence electrons. The lowest BCUT2D eigenvalue weighted by Gasteiger charge is -2.17. The number of aromatic amines is 1. The van der Waals surface area contributed by atoms with E-state index in [1.54, 1.807) is 30.1 Å². The zero-order chi connectivity index (χ0) is 12.4. The van der Waals surface area contributed by atoms with Gasteiger partial charge in [-0.2, -0.15) is 0 Å². The predicted octanol–water partition coefficient (Wildman–Crippen LogP) is 0.730. The quantitative estimate of drug-likeness (QED) is 0.795. The summed E-state index contributed by atoms with van der Waals surface area (Å²) in [6.07, 6.45) is 0. The fourth-order valence-corrected chi connectivity index (χ4v) is 1.52. The fourth-order valence-electron chi connectivity index (χ4n) is 1.52. The highest BCUT2D eigenvalue weighted by Gasteiger charge is 2.09. The molecular weight excluding hydrogens is 224 g/mol. The van der Waals surface area contributed by atoms with Gasteiger partial charge < -0.3 is 14.1 Å². The number of fused-ring (bicyclic) bond motifs is 1. The number of anilines is 1. The molecule has 0 amide bonds. The number of hydrogen-bond donors (Lipinski definition) is 1. The Morgan fingerprint density at radius 1 is 1.53 bits per heavy atom. The van der Waals surface area contributed by atoms with Gasteiger partial charge in [-0.15, -0.1) is 0 Å². The Hall–Kier alpha value is -2.24. The lowest BCUT2D eigenvalue weighted by molar-refractivity contribution is -0.138. The van der Waals surface area contributed by atoms with E-state index in [9.17, 15) is 9.59 Å². The maximum absolute atomic E-state index is 11.1. The molecule has 2 aromatic rings. The number of ether oxygens (including phenoxy) is 1. The van der Waals surface area contributed by atoms with Crippen molar-refractivity contribution in [2.75, 3.05) is 25.6 Å². The summed E-state index contributed by atoms with van der Waals surface area (Å²) >= 11 is 0. The van der Waals surface area contributed by atoms with E-state index in [1.165, 1.54) is 7.11 Å². The SMILES string of the molecule is COC(=O)CN(C)c1ccc2[nH]c(=O)oc2c1. The predicted molar refractivity (Wildman–Crippen MR) is 62.1 cm³/mol. The minimum Gasteiger partial charge on any atom is -0.468 e. The van der Waals surface area contributed by atoms with E-state index < -0.39 is 5.76 Å². The van der Waals surface area contributed by atoms with Crippen molar-refractivity contribution in [3.8, 4) is 0 Å². The number of esters is 1. The Morgan fingerprint density at radius 3 is 3.00 bits per heavy atom. The zero-order valence-corrected chi connectivity index (χ0v) is 9.52. The highest BCUT2D eigenvalue weighted by molar-refractivity contribution is 5.80. The average Bonchev–Trinajstić information content (AvgIpc) is 2.67. The van der Waals surface area contributed by atoms with Gasteiger partial charge in [0.15, 0.2) is 5.58 Å². The number of carbonyl (C=O) groups is 1. The summed E-state index contributed by atoms with van der Waals surface area (Å²) in [6.45, 7) is 0.136. The molecule has 0 aliphatic carbocycles. The Kier molecular flexibility index (Phi) is 2.86. The minimum atomic E-state index is -0.493. The zero-order valence-electron chi connectivity index (χ0n) is 9.52. The maximum Gasteiger partial charge on any atom is 0.417 e. The molecular formula is C11H12N2O4. The number of methoxy groups -OCH3 is 1.